The van der Waals surface area contributed by atoms with Crippen molar-refractivity contribution in [2.45, 2.75) is 45.6 Å². The van der Waals surface area contributed by atoms with E-state index < -0.39 is 11.5 Å². The van der Waals surface area contributed by atoms with Crippen LogP contribution in [0.5, 0.6) is 0 Å². The van der Waals surface area contributed by atoms with Gasteiger partial charge >= 0.3 is 5.97 Å². The highest BCUT2D eigenvalue weighted by molar-refractivity contribution is 5.92. The Morgan fingerprint density at radius 2 is 1.81 bits per heavy atom. The van der Waals surface area contributed by atoms with Gasteiger partial charge in [0.25, 0.3) is 0 Å². The van der Waals surface area contributed by atoms with E-state index in [9.17, 15) is 9.59 Å². The summed E-state index contributed by atoms with van der Waals surface area (Å²) in [5, 5.41) is 11.5. The van der Waals surface area contributed by atoms with Crippen LogP contribution < -0.4 is 5.32 Å². The summed E-state index contributed by atoms with van der Waals surface area (Å²) < 4.78 is 0. The van der Waals surface area contributed by atoms with Crippen molar-refractivity contribution in [2.75, 3.05) is 0 Å². The van der Waals surface area contributed by atoms with E-state index in [2.05, 4.69) is 19.2 Å². The summed E-state index contributed by atoms with van der Waals surface area (Å²) in [6.45, 7) is 7.63. The summed E-state index contributed by atoms with van der Waals surface area (Å²) in [6.07, 6.45) is 3.03. The lowest BCUT2D eigenvalue weighted by atomic mass is 10.0. The molecular formula is C17H23NO3. The lowest BCUT2D eigenvalue weighted by Gasteiger charge is -2.23. The molecule has 0 saturated carbocycles. The van der Waals surface area contributed by atoms with E-state index in [4.69, 9.17) is 5.11 Å². The number of carboxylic acids is 1. The van der Waals surface area contributed by atoms with E-state index in [1.807, 2.05) is 24.3 Å². The van der Waals surface area contributed by atoms with Gasteiger partial charge in [-0.1, -0.05) is 38.1 Å². The maximum Gasteiger partial charge on any atom is 0.305 e. The summed E-state index contributed by atoms with van der Waals surface area (Å²) in [7, 11) is 0. The highest BCUT2D eigenvalue weighted by Crippen LogP contribution is 2.15. The van der Waals surface area contributed by atoms with Gasteiger partial charge < -0.3 is 10.4 Å². The molecule has 4 nitrogen and oxygen atoms in total. The smallest absolute Gasteiger partial charge is 0.305 e. The fourth-order valence-electron chi connectivity index (χ4n) is 1.96. The first-order chi connectivity index (χ1) is 9.69. The SMILES string of the molecule is CC(C)c1ccc(C=CC(=O)NC(C)(C)CC(=O)O)cc1. The molecule has 1 aromatic carbocycles. The predicted molar refractivity (Wildman–Crippen MR) is 84.0 cm³/mol. The summed E-state index contributed by atoms with van der Waals surface area (Å²) in [5.41, 5.74) is 1.42. The number of carbonyl (C=O) groups excluding carboxylic acids is 1. The summed E-state index contributed by atoms with van der Waals surface area (Å²) in [6, 6.07) is 8.00. The van der Waals surface area contributed by atoms with Crippen LogP contribution in [0.2, 0.25) is 0 Å². The van der Waals surface area contributed by atoms with Crippen molar-refractivity contribution in [2.24, 2.45) is 0 Å². The highest BCUT2D eigenvalue weighted by atomic mass is 16.4. The van der Waals surface area contributed by atoms with Crippen molar-refractivity contribution >= 4 is 18.0 Å². The third-order valence-electron chi connectivity index (χ3n) is 3.09. The Balaban J connectivity index is 2.63. The second kappa shape index (κ2) is 7.07. The molecule has 0 fully saturated rings. The first-order valence-electron chi connectivity index (χ1n) is 7.01. The van der Waals surface area contributed by atoms with Gasteiger partial charge in [-0.05, 0) is 37.0 Å². The number of hydrogen-bond acceptors (Lipinski definition) is 2. The Hall–Kier alpha value is -2.10. The molecule has 1 rings (SSSR count). The number of nitrogens with one attached hydrogen (secondary N) is 1. The van der Waals surface area contributed by atoms with E-state index >= 15 is 0 Å². The topological polar surface area (TPSA) is 66.4 Å². The minimum atomic E-state index is -0.937. The van der Waals surface area contributed by atoms with Gasteiger partial charge in [-0.15, -0.1) is 0 Å². The summed E-state index contributed by atoms with van der Waals surface area (Å²) >= 11 is 0. The second-order valence-electron chi connectivity index (χ2n) is 6.10. The molecule has 0 atom stereocenters. The van der Waals surface area contributed by atoms with Crippen LogP contribution in [-0.4, -0.2) is 22.5 Å². The lowest BCUT2D eigenvalue weighted by molar-refractivity contribution is -0.138. The molecule has 0 bridgehead atoms. The van der Waals surface area contributed by atoms with E-state index in [1.54, 1.807) is 19.9 Å². The minimum Gasteiger partial charge on any atom is -0.481 e. The highest BCUT2D eigenvalue weighted by Gasteiger charge is 2.22. The van der Waals surface area contributed by atoms with Crippen LogP contribution in [0.1, 0.15) is 51.2 Å². The van der Waals surface area contributed by atoms with Gasteiger partial charge in [0.05, 0.1) is 6.42 Å². The molecule has 4 heteroatoms. The third kappa shape index (κ3) is 6.25. The molecule has 0 radical (unpaired) electrons. The van der Waals surface area contributed by atoms with Gasteiger partial charge in [-0.25, -0.2) is 0 Å². The monoisotopic (exact) mass is 289 g/mol. The summed E-state index contributed by atoms with van der Waals surface area (Å²) in [5.74, 6) is -0.758. The quantitative estimate of drug-likeness (QED) is 0.790. The van der Waals surface area contributed by atoms with E-state index in [0.29, 0.717) is 5.92 Å². The van der Waals surface area contributed by atoms with Crippen molar-refractivity contribution in [1.29, 1.82) is 0 Å². The van der Waals surface area contributed by atoms with Gasteiger partial charge in [0.1, 0.15) is 0 Å². The zero-order valence-corrected chi connectivity index (χ0v) is 13.0. The normalized spacial score (nSPS) is 11.9. The van der Waals surface area contributed by atoms with E-state index in [1.165, 1.54) is 11.6 Å². The van der Waals surface area contributed by atoms with Crippen molar-refractivity contribution in [1.82, 2.24) is 5.32 Å². The van der Waals surface area contributed by atoms with E-state index in [-0.39, 0.29) is 12.3 Å². The van der Waals surface area contributed by atoms with Crippen LogP contribution in [0.4, 0.5) is 0 Å². The molecule has 1 amide bonds. The predicted octanol–water partition coefficient (Wildman–Crippen LogP) is 3.19. The van der Waals surface area contributed by atoms with Gasteiger partial charge in [-0.3, -0.25) is 9.59 Å². The average molecular weight is 289 g/mol. The molecule has 21 heavy (non-hydrogen) atoms. The number of rotatable bonds is 6. The maximum absolute atomic E-state index is 11.8. The number of benzene rings is 1. The number of carboxylic acid groups (broad SMARTS) is 1. The minimum absolute atomic E-state index is 0.115. The number of carbonyl (C=O) groups is 2. The molecular weight excluding hydrogens is 266 g/mol. The standard InChI is InChI=1S/C17H23NO3/c1-12(2)14-8-5-13(6-9-14)7-10-15(19)18-17(3,4)11-16(20)21/h5-10,12H,11H2,1-4H3,(H,18,19)(H,20,21). The van der Waals surface area contributed by atoms with Crippen molar-refractivity contribution < 1.29 is 14.7 Å². The van der Waals surface area contributed by atoms with Crippen LogP contribution in [0, 0.1) is 0 Å². The Morgan fingerprint density at radius 3 is 2.29 bits per heavy atom. The molecule has 0 heterocycles. The van der Waals surface area contributed by atoms with Crippen LogP contribution in [0.25, 0.3) is 6.08 Å². The first kappa shape index (κ1) is 17.0. The van der Waals surface area contributed by atoms with Gasteiger partial charge in [0.15, 0.2) is 0 Å². The van der Waals surface area contributed by atoms with Crippen molar-refractivity contribution in [3.8, 4) is 0 Å². The maximum atomic E-state index is 11.8. The fourth-order valence-corrected chi connectivity index (χ4v) is 1.96. The third-order valence-corrected chi connectivity index (χ3v) is 3.09. The van der Waals surface area contributed by atoms with Crippen LogP contribution in [0.15, 0.2) is 30.3 Å². The Bertz CT molecular complexity index is 527. The molecule has 0 aliphatic carbocycles. The molecule has 0 spiro atoms. The summed E-state index contributed by atoms with van der Waals surface area (Å²) in [4.78, 5) is 22.5. The lowest BCUT2D eigenvalue weighted by Crippen LogP contribution is -2.44. The molecule has 1 aromatic rings. The molecule has 0 aromatic heterocycles. The van der Waals surface area contributed by atoms with Crippen molar-refractivity contribution in [3.05, 3.63) is 41.5 Å². The number of aliphatic carboxylic acids is 1. The average Bonchev–Trinajstić information content (AvgIpc) is 2.34. The van der Waals surface area contributed by atoms with Gasteiger partial charge in [-0.2, -0.15) is 0 Å². The van der Waals surface area contributed by atoms with Crippen LogP contribution >= 0.6 is 0 Å². The largest absolute Gasteiger partial charge is 0.481 e. The van der Waals surface area contributed by atoms with E-state index in [0.717, 1.165) is 5.56 Å². The van der Waals surface area contributed by atoms with Gasteiger partial charge in [0.2, 0.25) is 5.91 Å². The second-order valence-corrected chi connectivity index (χ2v) is 6.10. The van der Waals surface area contributed by atoms with Gasteiger partial charge in [0, 0.05) is 11.6 Å². The van der Waals surface area contributed by atoms with Crippen LogP contribution in [0.3, 0.4) is 0 Å². The molecule has 0 unspecified atom stereocenters. The molecule has 0 saturated heterocycles. The number of hydrogen-bond donors (Lipinski definition) is 2. The molecule has 114 valence electrons. The zero-order valence-electron chi connectivity index (χ0n) is 13.0. The molecule has 0 aliphatic rings. The first-order valence-corrected chi connectivity index (χ1v) is 7.01. The number of amides is 1. The fraction of sp³-hybridized carbons (Fsp3) is 0.412. The molecule has 2 N–H and O–H groups in total. The Kier molecular flexibility index (Phi) is 5.70. The van der Waals surface area contributed by atoms with Crippen molar-refractivity contribution in [3.63, 3.8) is 0 Å². The molecule has 0 aliphatic heterocycles. The Labute approximate surface area is 125 Å². The zero-order chi connectivity index (χ0) is 16.0. The Morgan fingerprint density at radius 1 is 1.24 bits per heavy atom. The van der Waals surface area contributed by atoms with Crippen LogP contribution in [-0.2, 0) is 9.59 Å².